The Morgan fingerprint density at radius 1 is 0.975 bits per heavy atom. The van der Waals surface area contributed by atoms with Crippen LogP contribution in [0.3, 0.4) is 0 Å². The summed E-state index contributed by atoms with van der Waals surface area (Å²) < 4.78 is 48.2. The normalized spacial score (nSPS) is 12.8. The number of carbonyl (C=O) groups is 2. The third kappa shape index (κ3) is 7.82. The van der Waals surface area contributed by atoms with Gasteiger partial charge in [0, 0.05) is 17.1 Å². The summed E-state index contributed by atoms with van der Waals surface area (Å²) in [6.07, 6.45) is 0.706. The van der Waals surface area contributed by atoms with Gasteiger partial charge in [-0.15, -0.1) is 0 Å². The minimum Gasteiger partial charge on any atom is -0.497 e. The molecular weight excluding hydrogens is 601 g/mol. The van der Waals surface area contributed by atoms with Crippen molar-refractivity contribution in [3.8, 4) is 5.75 Å². The zero-order valence-corrected chi connectivity index (χ0v) is 25.2. The van der Waals surface area contributed by atoms with Crippen molar-refractivity contribution in [2.75, 3.05) is 18.0 Å². The molecule has 0 aliphatic carbocycles. The molecule has 0 heterocycles. The maximum Gasteiger partial charge on any atom is 0.264 e. The number of nitrogens with zero attached hydrogens (tertiary/aromatic N) is 2. The van der Waals surface area contributed by atoms with Crippen LogP contribution in [0.2, 0.25) is 0 Å². The van der Waals surface area contributed by atoms with Gasteiger partial charge in [-0.1, -0.05) is 35.0 Å². The highest BCUT2D eigenvalue weighted by Crippen LogP contribution is 2.26. The minimum absolute atomic E-state index is 0.0705. The van der Waals surface area contributed by atoms with Gasteiger partial charge in [-0.3, -0.25) is 13.9 Å². The molecule has 2 amide bonds. The van der Waals surface area contributed by atoms with Crippen LogP contribution >= 0.6 is 15.9 Å². The molecule has 2 atom stereocenters. The molecule has 3 aromatic rings. The summed E-state index contributed by atoms with van der Waals surface area (Å²) in [6, 6.07) is 16.8. The first-order chi connectivity index (χ1) is 19.0. The summed E-state index contributed by atoms with van der Waals surface area (Å²) in [4.78, 5) is 28.2. The molecule has 0 aromatic heterocycles. The fraction of sp³-hybridized carbons (Fsp3) is 0.310. The highest BCUT2D eigenvalue weighted by Gasteiger charge is 2.32. The second kappa shape index (κ2) is 13.8. The van der Waals surface area contributed by atoms with Crippen molar-refractivity contribution < 1.29 is 27.1 Å². The predicted molar refractivity (Wildman–Crippen MR) is 156 cm³/mol. The Bertz CT molecular complexity index is 1400. The lowest BCUT2D eigenvalue weighted by molar-refractivity contribution is -0.139. The largest absolute Gasteiger partial charge is 0.497 e. The van der Waals surface area contributed by atoms with Crippen LogP contribution in [-0.2, 0) is 26.2 Å². The van der Waals surface area contributed by atoms with Gasteiger partial charge in [0.25, 0.3) is 10.0 Å². The molecule has 0 aliphatic rings. The van der Waals surface area contributed by atoms with Crippen molar-refractivity contribution in [2.24, 2.45) is 0 Å². The first kappa shape index (κ1) is 31.1. The Hall–Kier alpha value is -3.44. The second-order valence-corrected chi connectivity index (χ2v) is 12.1. The second-order valence-electron chi connectivity index (χ2n) is 9.31. The minimum atomic E-state index is -4.27. The molecule has 1 N–H and O–H groups in total. The number of nitrogens with one attached hydrogen (secondary N) is 1. The molecule has 0 unspecified atom stereocenters. The van der Waals surface area contributed by atoms with Crippen LogP contribution in [0.25, 0.3) is 0 Å². The van der Waals surface area contributed by atoms with Crippen LogP contribution in [0, 0.1) is 5.82 Å². The van der Waals surface area contributed by atoms with E-state index in [0.29, 0.717) is 12.2 Å². The smallest absolute Gasteiger partial charge is 0.264 e. The number of hydrogen-bond donors (Lipinski definition) is 1. The van der Waals surface area contributed by atoms with E-state index in [1.54, 1.807) is 6.92 Å². The summed E-state index contributed by atoms with van der Waals surface area (Å²) in [6.45, 7) is 4.86. The van der Waals surface area contributed by atoms with E-state index in [4.69, 9.17) is 4.74 Å². The van der Waals surface area contributed by atoms with Crippen LogP contribution in [0.4, 0.5) is 10.1 Å². The topological polar surface area (TPSA) is 96.0 Å². The van der Waals surface area contributed by atoms with Crippen LogP contribution in [-0.4, -0.2) is 50.9 Å². The molecule has 8 nitrogen and oxygen atoms in total. The number of benzene rings is 3. The first-order valence-corrected chi connectivity index (χ1v) is 15.0. The van der Waals surface area contributed by atoms with Gasteiger partial charge in [0.1, 0.15) is 24.2 Å². The number of methoxy groups -OCH3 is 1. The molecule has 0 saturated carbocycles. The number of ether oxygens (including phenoxy) is 1. The van der Waals surface area contributed by atoms with Gasteiger partial charge in [-0.05, 0) is 86.5 Å². The van der Waals surface area contributed by atoms with E-state index in [0.717, 1.165) is 26.5 Å². The summed E-state index contributed by atoms with van der Waals surface area (Å²) in [5.74, 6) is -1.04. The number of amides is 2. The molecule has 11 heteroatoms. The lowest BCUT2D eigenvalue weighted by atomic mass is 10.1. The number of sulfonamides is 1. The highest BCUT2D eigenvalue weighted by atomic mass is 79.9. The molecule has 214 valence electrons. The van der Waals surface area contributed by atoms with Crippen LogP contribution < -0.4 is 14.4 Å². The molecule has 40 heavy (non-hydrogen) atoms. The van der Waals surface area contributed by atoms with E-state index in [1.165, 1.54) is 48.4 Å². The van der Waals surface area contributed by atoms with E-state index < -0.39 is 34.3 Å². The van der Waals surface area contributed by atoms with Crippen molar-refractivity contribution >= 4 is 43.5 Å². The van der Waals surface area contributed by atoms with Gasteiger partial charge in [0.2, 0.25) is 11.8 Å². The van der Waals surface area contributed by atoms with Crippen molar-refractivity contribution in [2.45, 2.75) is 50.7 Å². The number of rotatable bonds is 12. The van der Waals surface area contributed by atoms with Gasteiger partial charge in [-0.2, -0.15) is 0 Å². The average Bonchev–Trinajstić information content (AvgIpc) is 2.95. The molecule has 3 aromatic carbocycles. The van der Waals surface area contributed by atoms with E-state index in [9.17, 15) is 22.4 Å². The Morgan fingerprint density at radius 3 is 2.12 bits per heavy atom. The Kier molecular flexibility index (Phi) is 10.7. The van der Waals surface area contributed by atoms with Gasteiger partial charge < -0.3 is 15.0 Å². The maximum absolute atomic E-state index is 13.9. The number of carbonyl (C=O) groups excluding carboxylic acids is 2. The number of halogens is 2. The zero-order chi connectivity index (χ0) is 29.4. The Balaban J connectivity index is 2.01. The Labute approximate surface area is 243 Å². The molecule has 0 radical (unpaired) electrons. The molecule has 0 spiro atoms. The van der Waals surface area contributed by atoms with Gasteiger partial charge >= 0.3 is 0 Å². The molecule has 0 fully saturated rings. The summed E-state index contributed by atoms with van der Waals surface area (Å²) in [7, 11) is -2.80. The van der Waals surface area contributed by atoms with Crippen molar-refractivity contribution in [1.29, 1.82) is 0 Å². The van der Waals surface area contributed by atoms with Gasteiger partial charge in [0.05, 0.1) is 17.7 Å². The number of anilines is 1. The van der Waals surface area contributed by atoms with E-state index >= 15 is 0 Å². The van der Waals surface area contributed by atoms with Gasteiger partial charge in [0.15, 0.2) is 0 Å². The predicted octanol–water partition coefficient (Wildman–Crippen LogP) is 5.12. The third-order valence-corrected chi connectivity index (χ3v) is 8.79. The van der Waals surface area contributed by atoms with Crippen LogP contribution in [0.15, 0.2) is 82.2 Å². The standard InChI is InChI=1S/C29H33BrFN3O5S/c1-5-20(2)32-29(36)21(3)33(18-22-6-8-23(30)9-7-22)28(35)19-34(25-12-10-24(31)11-13-25)40(37,38)27-16-14-26(39-4)15-17-27/h6-17,20-21H,5,18-19H2,1-4H3,(H,32,36)/t20-,21+/m0/s1. The first-order valence-electron chi connectivity index (χ1n) is 12.7. The molecule has 3 rings (SSSR count). The van der Waals surface area contributed by atoms with Crippen molar-refractivity contribution in [1.82, 2.24) is 10.2 Å². The maximum atomic E-state index is 13.9. The highest BCUT2D eigenvalue weighted by molar-refractivity contribution is 9.10. The van der Waals surface area contributed by atoms with E-state index in [2.05, 4.69) is 21.2 Å². The monoisotopic (exact) mass is 633 g/mol. The van der Waals surface area contributed by atoms with Crippen LogP contribution in [0.1, 0.15) is 32.8 Å². The summed E-state index contributed by atoms with van der Waals surface area (Å²) in [5.41, 5.74) is 0.858. The molecule has 0 aliphatic heterocycles. The SMILES string of the molecule is CC[C@H](C)NC(=O)[C@@H](C)N(Cc1ccc(Br)cc1)C(=O)CN(c1ccc(F)cc1)S(=O)(=O)c1ccc(OC)cc1. The van der Waals surface area contributed by atoms with Crippen molar-refractivity contribution in [3.63, 3.8) is 0 Å². The Morgan fingerprint density at radius 2 is 1.57 bits per heavy atom. The van der Waals surface area contributed by atoms with E-state index in [-0.39, 0.29) is 29.1 Å². The fourth-order valence-corrected chi connectivity index (χ4v) is 5.52. The zero-order valence-electron chi connectivity index (χ0n) is 22.8. The quantitative estimate of drug-likeness (QED) is 0.299. The van der Waals surface area contributed by atoms with E-state index in [1.807, 2.05) is 38.1 Å². The molecular formula is C29H33BrFN3O5S. The lowest BCUT2D eigenvalue weighted by Crippen LogP contribution is -2.52. The summed E-state index contributed by atoms with van der Waals surface area (Å²) >= 11 is 3.39. The molecule has 0 bridgehead atoms. The number of hydrogen-bond acceptors (Lipinski definition) is 5. The lowest BCUT2D eigenvalue weighted by Gasteiger charge is -2.32. The van der Waals surface area contributed by atoms with Crippen LogP contribution in [0.5, 0.6) is 5.75 Å². The third-order valence-electron chi connectivity index (χ3n) is 6.48. The summed E-state index contributed by atoms with van der Waals surface area (Å²) in [5, 5.41) is 2.89. The molecule has 0 saturated heterocycles. The average molecular weight is 635 g/mol. The van der Waals surface area contributed by atoms with Gasteiger partial charge in [-0.25, -0.2) is 12.8 Å². The van der Waals surface area contributed by atoms with Crippen molar-refractivity contribution in [3.05, 3.63) is 88.6 Å². The fourth-order valence-electron chi connectivity index (χ4n) is 3.85.